The first-order valence-electron chi connectivity index (χ1n) is 5.61. The molecule has 0 saturated heterocycles. The summed E-state index contributed by atoms with van der Waals surface area (Å²) in [5.74, 6) is 0.982. The van der Waals surface area contributed by atoms with E-state index in [9.17, 15) is 0 Å². The summed E-state index contributed by atoms with van der Waals surface area (Å²) in [6.07, 6.45) is 1.51. The Balaban J connectivity index is 2.30. The standard InChI is InChI=1S/C11H10BrN7O2/c1-20-9-5-7(4-8(12)10(9)21-3-2-13)6-15-19-11(14)16-17-18-19/h4-6H,3H2,1H3,(H2,14,16,18)/b15-6+. The fourth-order valence-corrected chi connectivity index (χ4v) is 2.03. The average Bonchev–Trinajstić information content (AvgIpc) is 2.88. The number of nitrogens with zero attached hydrogens (tertiary/aromatic N) is 6. The van der Waals surface area contributed by atoms with E-state index in [2.05, 4.69) is 36.6 Å². The number of hydrogen-bond acceptors (Lipinski definition) is 8. The number of aromatic nitrogens is 4. The maximum atomic E-state index is 8.57. The Morgan fingerprint density at radius 3 is 3.00 bits per heavy atom. The molecule has 10 heteroatoms. The van der Waals surface area contributed by atoms with Crippen molar-refractivity contribution >= 4 is 28.1 Å². The Morgan fingerprint density at radius 2 is 2.38 bits per heavy atom. The molecular weight excluding hydrogens is 342 g/mol. The van der Waals surface area contributed by atoms with Crippen LogP contribution in [0.1, 0.15) is 5.56 Å². The van der Waals surface area contributed by atoms with Gasteiger partial charge in [0.2, 0.25) is 0 Å². The van der Waals surface area contributed by atoms with Gasteiger partial charge >= 0.3 is 0 Å². The summed E-state index contributed by atoms with van der Waals surface area (Å²) in [5, 5.41) is 23.0. The van der Waals surface area contributed by atoms with Crippen LogP contribution >= 0.6 is 15.9 Å². The van der Waals surface area contributed by atoms with Gasteiger partial charge in [-0.15, -0.1) is 0 Å². The molecular formula is C11H10BrN7O2. The topological polar surface area (TPSA) is 124 Å². The van der Waals surface area contributed by atoms with E-state index in [1.807, 2.05) is 6.07 Å². The van der Waals surface area contributed by atoms with Gasteiger partial charge in [0, 0.05) is 0 Å². The number of ether oxygens (including phenoxy) is 2. The highest BCUT2D eigenvalue weighted by molar-refractivity contribution is 9.10. The van der Waals surface area contributed by atoms with E-state index in [4.69, 9.17) is 20.5 Å². The lowest BCUT2D eigenvalue weighted by Gasteiger charge is -2.11. The number of nitriles is 1. The van der Waals surface area contributed by atoms with Crippen LogP contribution in [0, 0.1) is 11.3 Å². The van der Waals surface area contributed by atoms with Gasteiger partial charge in [0.25, 0.3) is 5.95 Å². The molecule has 0 radical (unpaired) electrons. The minimum atomic E-state index is -0.0798. The molecule has 2 rings (SSSR count). The van der Waals surface area contributed by atoms with Crippen LogP contribution < -0.4 is 15.2 Å². The molecule has 1 aromatic heterocycles. The normalized spacial score (nSPS) is 10.5. The first kappa shape index (κ1) is 14.7. The largest absolute Gasteiger partial charge is 0.493 e. The number of rotatable bonds is 5. The van der Waals surface area contributed by atoms with Crippen LogP contribution in [0.2, 0.25) is 0 Å². The van der Waals surface area contributed by atoms with E-state index in [1.165, 1.54) is 13.3 Å². The van der Waals surface area contributed by atoms with Crippen LogP contribution in [0.5, 0.6) is 11.5 Å². The number of nitrogens with two attached hydrogens (primary N) is 1. The third-order valence-corrected chi connectivity index (χ3v) is 2.91. The number of halogens is 1. The molecule has 0 spiro atoms. The Kier molecular flexibility index (Phi) is 4.68. The zero-order valence-electron chi connectivity index (χ0n) is 10.9. The molecule has 1 aromatic carbocycles. The molecule has 0 atom stereocenters. The van der Waals surface area contributed by atoms with Crippen LogP contribution in [0.3, 0.4) is 0 Å². The molecule has 0 fully saturated rings. The van der Waals surface area contributed by atoms with Crippen molar-refractivity contribution < 1.29 is 9.47 Å². The monoisotopic (exact) mass is 351 g/mol. The quantitative estimate of drug-likeness (QED) is 0.790. The molecule has 21 heavy (non-hydrogen) atoms. The molecule has 0 aliphatic carbocycles. The predicted molar refractivity (Wildman–Crippen MR) is 77.0 cm³/mol. The second-order valence-corrected chi connectivity index (χ2v) is 4.51. The van der Waals surface area contributed by atoms with Crippen molar-refractivity contribution in [1.82, 2.24) is 20.3 Å². The molecule has 0 aliphatic rings. The van der Waals surface area contributed by atoms with E-state index < -0.39 is 0 Å². The van der Waals surface area contributed by atoms with Gasteiger partial charge in [-0.1, -0.05) is 9.89 Å². The Morgan fingerprint density at radius 1 is 1.57 bits per heavy atom. The number of tetrazole rings is 1. The van der Waals surface area contributed by atoms with E-state index in [-0.39, 0.29) is 12.6 Å². The summed E-state index contributed by atoms with van der Waals surface area (Å²) in [5.41, 5.74) is 6.20. The summed E-state index contributed by atoms with van der Waals surface area (Å²) in [6.45, 7) is -0.0798. The molecule has 2 aromatic rings. The van der Waals surface area contributed by atoms with E-state index in [0.29, 0.717) is 21.5 Å². The molecule has 2 N–H and O–H groups in total. The van der Waals surface area contributed by atoms with Gasteiger partial charge in [-0.2, -0.15) is 10.4 Å². The van der Waals surface area contributed by atoms with Crippen LogP contribution in [-0.2, 0) is 0 Å². The molecule has 9 nitrogen and oxygen atoms in total. The second kappa shape index (κ2) is 6.67. The number of anilines is 1. The average molecular weight is 352 g/mol. The molecule has 0 amide bonds. The lowest BCUT2D eigenvalue weighted by Crippen LogP contribution is -2.01. The van der Waals surface area contributed by atoms with Crippen molar-refractivity contribution in [2.45, 2.75) is 0 Å². The summed E-state index contributed by atoms with van der Waals surface area (Å²) >= 11 is 3.35. The molecule has 0 aliphatic heterocycles. The van der Waals surface area contributed by atoms with E-state index >= 15 is 0 Å². The number of nitrogen functional groups attached to an aromatic ring is 1. The van der Waals surface area contributed by atoms with Gasteiger partial charge in [0.05, 0.1) is 17.8 Å². The van der Waals surface area contributed by atoms with Crippen molar-refractivity contribution in [3.05, 3.63) is 22.2 Å². The minimum Gasteiger partial charge on any atom is -0.493 e. The van der Waals surface area contributed by atoms with Crippen molar-refractivity contribution in [2.24, 2.45) is 5.10 Å². The predicted octanol–water partition coefficient (Wildman–Crippen LogP) is 0.811. The summed E-state index contributed by atoms with van der Waals surface area (Å²) in [6, 6.07) is 5.34. The van der Waals surface area contributed by atoms with Gasteiger partial charge in [0.1, 0.15) is 6.07 Å². The molecule has 1 heterocycles. The number of methoxy groups -OCH3 is 1. The summed E-state index contributed by atoms with van der Waals surface area (Å²) in [4.78, 5) is 1.08. The summed E-state index contributed by atoms with van der Waals surface area (Å²) < 4.78 is 11.2. The first-order chi connectivity index (χ1) is 10.2. The lowest BCUT2D eigenvalue weighted by atomic mass is 10.2. The highest BCUT2D eigenvalue weighted by Crippen LogP contribution is 2.36. The van der Waals surface area contributed by atoms with Crippen molar-refractivity contribution in [2.75, 3.05) is 19.5 Å². The van der Waals surface area contributed by atoms with Crippen molar-refractivity contribution in [3.8, 4) is 17.6 Å². The second-order valence-electron chi connectivity index (χ2n) is 3.65. The van der Waals surface area contributed by atoms with Crippen LogP contribution in [0.15, 0.2) is 21.7 Å². The minimum absolute atomic E-state index is 0.0752. The highest BCUT2D eigenvalue weighted by Gasteiger charge is 2.11. The Hall–Kier alpha value is -2.67. The zero-order chi connectivity index (χ0) is 15.2. The highest BCUT2D eigenvalue weighted by atomic mass is 79.9. The zero-order valence-corrected chi connectivity index (χ0v) is 12.5. The third-order valence-electron chi connectivity index (χ3n) is 2.33. The van der Waals surface area contributed by atoms with Gasteiger partial charge in [0.15, 0.2) is 18.1 Å². The first-order valence-corrected chi connectivity index (χ1v) is 6.40. The maximum absolute atomic E-state index is 8.57. The molecule has 108 valence electrons. The Bertz CT molecular complexity index is 707. The van der Waals surface area contributed by atoms with Crippen LogP contribution in [-0.4, -0.2) is 40.2 Å². The van der Waals surface area contributed by atoms with Gasteiger partial charge in [-0.05, 0) is 44.1 Å². The van der Waals surface area contributed by atoms with Gasteiger partial charge in [-0.25, -0.2) is 0 Å². The third kappa shape index (κ3) is 3.46. The van der Waals surface area contributed by atoms with E-state index in [0.717, 1.165) is 4.79 Å². The van der Waals surface area contributed by atoms with E-state index in [1.54, 1.807) is 12.1 Å². The Labute approximate surface area is 128 Å². The summed E-state index contributed by atoms with van der Waals surface area (Å²) in [7, 11) is 1.50. The molecule has 0 bridgehead atoms. The number of benzene rings is 1. The van der Waals surface area contributed by atoms with Crippen molar-refractivity contribution in [1.29, 1.82) is 5.26 Å². The van der Waals surface area contributed by atoms with Gasteiger partial charge in [-0.3, -0.25) is 0 Å². The smallest absolute Gasteiger partial charge is 0.263 e. The maximum Gasteiger partial charge on any atom is 0.263 e. The van der Waals surface area contributed by atoms with Crippen LogP contribution in [0.25, 0.3) is 0 Å². The van der Waals surface area contributed by atoms with Gasteiger partial charge < -0.3 is 15.2 Å². The fraction of sp³-hybridized carbons (Fsp3) is 0.182. The fourth-order valence-electron chi connectivity index (χ4n) is 1.45. The SMILES string of the molecule is COc1cc(/C=N/n2nnnc2N)cc(Br)c1OCC#N. The number of hydrogen-bond donors (Lipinski definition) is 1. The van der Waals surface area contributed by atoms with Crippen molar-refractivity contribution in [3.63, 3.8) is 0 Å². The lowest BCUT2D eigenvalue weighted by molar-refractivity contribution is 0.327. The molecule has 0 saturated carbocycles. The van der Waals surface area contributed by atoms with Crippen LogP contribution in [0.4, 0.5) is 5.95 Å². The molecule has 0 unspecified atom stereocenters.